The molecule has 0 saturated carbocycles. The zero-order valence-electron chi connectivity index (χ0n) is 23.2. The van der Waals surface area contributed by atoms with Crippen LogP contribution in [0.2, 0.25) is 25.7 Å². The average Bonchev–Trinajstić information content (AvgIpc) is 3.29. The van der Waals surface area contributed by atoms with Crippen molar-refractivity contribution < 1.29 is 23.7 Å². The van der Waals surface area contributed by atoms with Crippen molar-refractivity contribution in [3.63, 3.8) is 0 Å². The van der Waals surface area contributed by atoms with E-state index in [1.54, 1.807) is 25.4 Å². The van der Waals surface area contributed by atoms with E-state index in [0.717, 1.165) is 37.5 Å². The first-order chi connectivity index (χ1) is 18.8. The van der Waals surface area contributed by atoms with Gasteiger partial charge in [0.15, 0.2) is 6.79 Å². The number of nitrogens with zero attached hydrogens (tertiary/aromatic N) is 5. The van der Waals surface area contributed by atoms with Crippen molar-refractivity contribution in [2.45, 2.75) is 51.2 Å². The summed E-state index contributed by atoms with van der Waals surface area (Å²) in [5.41, 5.74) is 3.08. The van der Waals surface area contributed by atoms with Gasteiger partial charge < -0.3 is 29.1 Å². The molecule has 2 N–H and O–H groups in total. The van der Waals surface area contributed by atoms with Gasteiger partial charge >= 0.3 is 0 Å². The van der Waals surface area contributed by atoms with Gasteiger partial charge in [-0.2, -0.15) is 10.2 Å². The zero-order valence-corrected chi connectivity index (χ0v) is 24.2. The topological polar surface area (TPSA) is 139 Å². The number of anilines is 1. The molecule has 0 bridgehead atoms. The summed E-state index contributed by atoms with van der Waals surface area (Å²) in [5.74, 6) is 0.468. The maximum atomic E-state index is 9.59. The van der Waals surface area contributed by atoms with E-state index in [4.69, 9.17) is 23.6 Å². The molecule has 0 unspecified atom stereocenters. The molecule has 0 radical (unpaired) electrons. The molecular weight excluding hydrogens is 516 g/mol. The van der Waals surface area contributed by atoms with Crippen LogP contribution in [0.5, 0.6) is 5.75 Å². The normalized spacial score (nSPS) is 16.4. The summed E-state index contributed by atoms with van der Waals surface area (Å²) in [6.07, 6.45) is 3.63. The standard InChI is InChI=1S/C27H38N6O5Si/c1-35-17-20-12-19(14-28)13-23(37-18-36-10-11-39(2,3)4)24(20)22-15-29-26-25(31-22)32-27(38-26)30-21-6-5-7-33(16-21)8-9-34/h12-13,15,21,34H,5-11,16-18H2,1-4H3,(H,30,31,32)/t21-/m1/s1. The highest BCUT2D eigenvalue weighted by Crippen LogP contribution is 2.35. The molecule has 3 heterocycles. The van der Waals surface area contributed by atoms with Crippen LogP contribution in [-0.4, -0.2) is 85.8 Å². The first kappa shape index (κ1) is 28.9. The van der Waals surface area contributed by atoms with Gasteiger partial charge in [0.2, 0.25) is 5.65 Å². The summed E-state index contributed by atoms with van der Waals surface area (Å²) >= 11 is 0. The molecule has 0 spiro atoms. The molecule has 1 aliphatic heterocycles. The van der Waals surface area contributed by atoms with E-state index in [1.165, 1.54) is 0 Å². The van der Waals surface area contributed by atoms with Gasteiger partial charge in [0.25, 0.3) is 11.7 Å². The highest BCUT2D eigenvalue weighted by atomic mass is 28.3. The van der Waals surface area contributed by atoms with Gasteiger partial charge in [-0.15, -0.1) is 0 Å². The Balaban J connectivity index is 1.58. The lowest BCUT2D eigenvalue weighted by atomic mass is 10.0. The van der Waals surface area contributed by atoms with Crippen molar-refractivity contribution in [1.29, 1.82) is 5.26 Å². The maximum absolute atomic E-state index is 9.59. The van der Waals surface area contributed by atoms with Crippen LogP contribution in [0.1, 0.15) is 24.0 Å². The van der Waals surface area contributed by atoms with Crippen LogP contribution in [0.3, 0.4) is 0 Å². The molecule has 1 atom stereocenters. The van der Waals surface area contributed by atoms with Crippen LogP contribution in [0.4, 0.5) is 6.01 Å². The number of hydrogen-bond acceptors (Lipinski definition) is 11. The van der Waals surface area contributed by atoms with E-state index in [-0.39, 0.29) is 26.0 Å². The number of aliphatic hydroxyl groups is 1. The smallest absolute Gasteiger partial charge is 0.298 e. The van der Waals surface area contributed by atoms with Crippen LogP contribution in [0.25, 0.3) is 22.6 Å². The number of fused-ring (bicyclic) bond motifs is 1. The van der Waals surface area contributed by atoms with Gasteiger partial charge in [0.1, 0.15) is 5.75 Å². The molecule has 4 rings (SSSR count). The second kappa shape index (κ2) is 13.3. The van der Waals surface area contributed by atoms with Crippen molar-refractivity contribution in [3.8, 4) is 23.1 Å². The molecule has 2 aromatic heterocycles. The Morgan fingerprint density at radius 3 is 2.87 bits per heavy atom. The van der Waals surface area contributed by atoms with Gasteiger partial charge in [-0.25, -0.2) is 9.97 Å². The highest BCUT2D eigenvalue weighted by Gasteiger charge is 2.23. The summed E-state index contributed by atoms with van der Waals surface area (Å²) in [4.78, 5) is 16.0. The summed E-state index contributed by atoms with van der Waals surface area (Å²) in [6, 6.07) is 7.18. The number of hydrogen-bond donors (Lipinski definition) is 2. The van der Waals surface area contributed by atoms with Crippen LogP contribution in [0.15, 0.2) is 22.7 Å². The van der Waals surface area contributed by atoms with Crippen LogP contribution < -0.4 is 10.1 Å². The molecule has 1 saturated heterocycles. The second-order valence-corrected chi connectivity index (χ2v) is 16.6. The van der Waals surface area contributed by atoms with Gasteiger partial charge in [-0.1, -0.05) is 19.6 Å². The third-order valence-electron chi connectivity index (χ3n) is 6.53. The predicted octanol–water partition coefficient (Wildman–Crippen LogP) is 3.86. The molecular formula is C27H38N6O5Si. The molecule has 0 amide bonds. The summed E-state index contributed by atoms with van der Waals surface area (Å²) in [6.45, 7) is 10.4. The van der Waals surface area contributed by atoms with E-state index >= 15 is 0 Å². The number of oxazole rings is 1. The lowest BCUT2D eigenvalue weighted by molar-refractivity contribution is 0.0222. The van der Waals surface area contributed by atoms with Gasteiger partial charge in [-0.05, 0) is 43.1 Å². The third-order valence-corrected chi connectivity index (χ3v) is 8.24. The minimum Gasteiger partial charge on any atom is -0.467 e. The second-order valence-electron chi connectivity index (χ2n) is 10.9. The number of piperidine rings is 1. The maximum Gasteiger partial charge on any atom is 0.298 e. The molecule has 3 aromatic rings. The summed E-state index contributed by atoms with van der Waals surface area (Å²) in [5, 5.41) is 22.2. The number of nitriles is 1. The number of aromatic nitrogens is 3. The molecule has 1 aliphatic rings. The number of likely N-dealkylation sites (tertiary alicyclic amines) is 1. The van der Waals surface area contributed by atoms with Crippen molar-refractivity contribution in [2.24, 2.45) is 0 Å². The first-order valence-corrected chi connectivity index (χ1v) is 17.0. The van der Waals surface area contributed by atoms with E-state index < -0.39 is 8.07 Å². The van der Waals surface area contributed by atoms with E-state index in [0.29, 0.717) is 53.1 Å². The Hall–Kier alpha value is -3.08. The molecule has 39 heavy (non-hydrogen) atoms. The SMILES string of the molecule is COCc1cc(C#N)cc(OCOCC[Si](C)(C)C)c1-c1cnc2oc(N[C@@H]3CCCN(CCO)C3)nc2n1. The zero-order chi connectivity index (χ0) is 27.8. The lowest BCUT2D eigenvalue weighted by Crippen LogP contribution is -2.43. The molecule has 1 aromatic carbocycles. The number of nitrogens with one attached hydrogen (secondary N) is 1. The molecule has 1 fully saturated rings. The van der Waals surface area contributed by atoms with E-state index in [2.05, 4.69) is 45.9 Å². The quantitative estimate of drug-likeness (QED) is 0.181. The summed E-state index contributed by atoms with van der Waals surface area (Å²) in [7, 11) is 0.375. The Morgan fingerprint density at radius 1 is 1.28 bits per heavy atom. The third kappa shape index (κ3) is 7.97. The fourth-order valence-electron chi connectivity index (χ4n) is 4.55. The minimum absolute atomic E-state index is 0.0567. The number of benzene rings is 1. The Bertz CT molecular complexity index is 1290. The van der Waals surface area contributed by atoms with E-state index in [1.807, 2.05) is 0 Å². The molecule has 11 nitrogen and oxygen atoms in total. The predicted molar refractivity (Wildman–Crippen MR) is 150 cm³/mol. The Kier molecular flexibility index (Phi) is 9.87. The van der Waals surface area contributed by atoms with Crippen LogP contribution in [0, 0.1) is 11.3 Å². The molecule has 210 valence electrons. The highest BCUT2D eigenvalue weighted by molar-refractivity contribution is 6.76. The number of ether oxygens (including phenoxy) is 3. The Labute approximate surface area is 230 Å². The van der Waals surface area contributed by atoms with E-state index in [9.17, 15) is 10.4 Å². The first-order valence-electron chi connectivity index (χ1n) is 13.3. The van der Waals surface area contributed by atoms with Crippen molar-refractivity contribution >= 4 is 25.4 Å². The minimum atomic E-state index is -1.22. The number of β-amino-alcohol motifs (C(OH)–C–C–N with tert-alkyl or cyclic N) is 1. The van der Waals surface area contributed by atoms with Crippen LogP contribution in [-0.2, 0) is 16.1 Å². The average molecular weight is 555 g/mol. The van der Waals surface area contributed by atoms with Gasteiger partial charge in [0.05, 0.1) is 36.7 Å². The van der Waals surface area contributed by atoms with Crippen molar-refractivity contribution in [2.75, 3.05) is 52.1 Å². The number of methoxy groups -OCH3 is 1. The van der Waals surface area contributed by atoms with Crippen molar-refractivity contribution in [3.05, 3.63) is 29.5 Å². The monoisotopic (exact) mass is 554 g/mol. The van der Waals surface area contributed by atoms with Gasteiger partial charge in [0, 0.05) is 46.5 Å². The lowest BCUT2D eigenvalue weighted by Gasteiger charge is -2.32. The Morgan fingerprint density at radius 2 is 2.13 bits per heavy atom. The fourth-order valence-corrected chi connectivity index (χ4v) is 5.31. The van der Waals surface area contributed by atoms with Gasteiger partial charge in [-0.3, -0.25) is 4.90 Å². The molecule has 12 heteroatoms. The molecule has 0 aliphatic carbocycles. The largest absolute Gasteiger partial charge is 0.467 e. The van der Waals surface area contributed by atoms with Crippen molar-refractivity contribution in [1.82, 2.24) is 19.9 Å². The number of aliphatic hydroxyl groups excluding tert-OH is 1. The number of rotatable bonds is 13. The van der Waals surface area contributed by atoms with Crippen LogP contribution >= 0.6 is 0 Å². The fraction of sp³-hybridized carbons (Fsp3) is 0.556. The summed E-state index contributed by atoms with van der Waals surface area (Å²) < 4.78 is 23.0.